The molecule has 21 heavy (non-hydrogen) atoms. The summed E-state index contributed by atoms with van der Waals surface area (Å²) in [5.74, 6) is 0.0714. The number of amides is 2. The van der Waals surface area contributed by atoms with Gasteiger partial charge in [-0.15, -0.1) is 0 Å². The molecule has 122 valence electrons. The van der Waals surface area contributed by atoms with E-state index in [2.05, 4.69) is 5.32 Å². The standard InChI is InChI=1S/C16H30N2O3/c1-5-9-13-16(20)18(14(6-2)15(19)17-13)10-7-8-11-21-12(3)4/h12-14H,5-11H2,1-4H3,(H,17,19). The second-order valence-corrected chi connectivity index (χ2v) is 5.93. The van der Waals surface area contributed by atoms with Crippen molar-refractivity contribution in [1.29, 1.82) is 0 Å². The number of nitrogens with zero attached hydrogens (tertiary/aromatic N) is 1. The van der Waals surface area contributed by atoms with E-state index in [-0.39, 0.29) is 30.0 Å². The van der Waals surface area contributed by atoms with Gasteiger partial charge in [0.1, 0.15) is 12.1 Å². The molecule has 1 saturated heterocycles. The van der Waals surface area contributed by atoms with Crippen LogP contribution in [0, 0.1) is 0 Å². The smallest absolute Gasteiger partial charge is 0.245 e. The zero-order valence-corrected chi connectivity index (χ0v) is 13.9. The summed E-state index contributed by atoms with van der Waals surface area (Å²) in [5.41, 5.74) is 0. The highest BCUT2D eigenvalue weighted by atomic mass is 16.5. The molecule has 1 fully saturated rings. The lowest BCUT2D eigenvalue weighted by molar-refractivity contribution is -0.149. The number of unbranched alkanes of at least 4 members (excludes halogenated alkanes) is 1. The Morgan fingerprint density at radius 2 is 1.95 bits per heavy atom. The Morgan fingerprint density at radius 1 is 1.24 bits per heavy atom. The van der Waals surface area contributed by atoms with Gasteiger partial charge < -0.3 is 15.0 Å². The SMILES string of the molecule is CCCC1NC(=O)C(CC)N(CCCCOC(C)C)C1=O. The molecule has 0 radical (unpaired) electrons. The molecule has 1 N–H and O–H groups in total. The number of hydrogen-bond donors (Lipinski definition) is 1. The van der Waals surface area contributed by atoms with Crippen molar-refractivity contribution in [3.05, 3.63) is 0 Å². The van der Waals surface area contributed by atoms with Gasteiger partial charge in [0, 0.05) is 13.2 Å². The minimum atomic E-state index is -0.336. The second kappa shape index (κ2) is 9.03. The van der Waals surface area contributed by atoms with Crippen molar-refractivity contribution >= 4 is 11.8 Å². The predicted octanol–water partition coefficient (Wildman–Crippen LogP) is 2.10. The van der Waals surface area contributed by atoms with Crippen LogP contribution in [0.1, 0.15) is 59.8 Å². The Labute approximate surface area is 128 Å². The zero-order chi connectivity index (χ0) is 15.8. The summed E-state index contributed by atoms with van der Waals surface area (Å²) in [6, 6.07) is -0.645. The fourth-order valence-electron chi connectivity index (χ4n) is 2.68. The van der Waals surface area contributed by atoms with Crippen molar-refractivity contribution in [2.24, 2.45) is 0 Å². The second-order valence-electron chi connectivity index (χ2n) is 5.93. The average Bonchev–Trinajstić information content (AvgIpc) is 2.43. The monoisotopic (exact) mass is 298 g/mol. The molecule has 1 aliphatic rings. The fourth-order valence-corrected chi connectivity index (χ4v) is 2.68. The van der Waals surface area contributed by atoms with Crippen LogP contribution in [0.25, 0.3) is 0 Å². The quantitative estimate of drug-likeness (QED) is 0.663. The van der Waals surface area contributed by atoms with Gasteiger partial charge in [-0.1, -0.05) is 20.3 Å². The summed E-state index contributed by atoms with van der Waals surface area (Å²) in [6.45, 7) is 9.36. The van der Waals surface area contributed by atoms with Crippen LogP contribution in [-0.4, -0.2) is 48.1 Å². The van der Waals surface area contributed by atoms with E-state index in [1.807, 2.05) is 27.7 Å². The van der Waals surface area contributed by atoms with Crippen LogP contribution in [-0.2, 0) is 14.3 Å². The average molecular weight is 298 g/mol. The Balaban J connectivity index is 2.53. The van der Waals surface area contributed by atoms with E-state index in [1.54, 1.807) is 4.90 Å². The van der Waals surface area contributed by atoms with Crippen molar-refractivity contribution in [2.45, 2.75) is 78.0 Å². The number of carbonyl (C=O) groups excluding carboxylic acids is 2. The van der Waals surface area contributed by atoms with Crippen molar-refractivity contribution in [3.63, 3.8) is 0 Å². The summed E-state index contributed by atoms with van der Waals surface area (Å²) in [5, 5.41) is 2.86. The number of nitrogens with one attached hydrogen (secondary N) is 1. The summed E-state index contributed by atoms with van der Waals surface area (Å²) in [7, 11) is 0. The first-order valence-electron chi connectivity index (χ1n) is 8.23. The highest BCUT2D eigenvalue weighted by Crippen LogP contribution is 2.16. The Kier molecular flexibility index (Phi) is 7.72. The molecule has 1 aliphatic heterocycles. The van der Waals surface area contributed by atoms with Gasteiger partial charge in [-0.2, -0.15) is 0 Å². The van der Waals surface area contributed by atoms with E-state index in [0.717, 1.165) is 19.3 Å². The van der Waals surface area contributed by atoms with E-state index in [0.29, 0.717) is 26.0 Å². The lowest BCUT2D eigenvalue weighted by Gasteiger charge is -2.38. The maximum atomic E-state index is 12.5. The van der Waals surface area contributed by atoms with Crippen LogP contribution in [0.4, 0.5) is 0 Å². The highest BCUT2D eigenvalue weighted by Gasteiger charge is 2.38. The van der Waals surface area contributed by atoms with E-state index in [9.17, 15) is 9.59 Å². The zero-order valence-electron chi connectivity index (χ0n) is 13.9. The van der Waals surface area contributed by atoms with Crippen LogP contribution in [0.15, 0.2) is 0 Å². The number of hydrogen-bond acceptors (Lipinski definition) is 3. The molecule has 2 atom stereocenters. The van der Waals surface area contributed by atoms with Crippen LogP contribution in [0.3, 0.4) is 0 Å². The molecule has 0 aromatic carbocycles. The number of piperazine rings is 1. The predicted molar refractivity (Wildman–Crippen MR) is 83.0 cm³/mol. The maximum Gasteiger partial charge on any atom is 0.245 e. The van der Waals surface area contributed by atoms with E-state index in [1.165, 1.54) is 0 Å². The summed E-state index contributed by atoms with van der Waals surface area (Å²) >= 11 is 0. The topological polar surface area (TPSA) is 58.6 Å². The molecule has 0 spiro atoms. The van der Waals surface area contributed by atoms with E-state index >= 15 is 0 Å². The lowest BCUT2D eigenvalue weighted by Crippen LogP contribution is -2.63. The Bertz CT molecular complexity index is 344. The number of carbonyl (C=O) groups is 2. The molecule has 0 aromatic heterocycles. The van der Waals surface area contributed by atoms with Gasteiger partial charge in [-0.25, -0.2) is 0 Å². The Hall–Kier alpha value is -1.10. The molecule has 2 amide bonds. The molecule has 2 unspecified atom stereocenters. The summed E-state index contributed by atoms with van der Waals surface area (Å²) < 4.78 is 5.51. The third-order valence-electron chi connectivity index (χ3n) is 3.79. The van der Waals surface area contributed by atoms with Crippen molar-refractivity contribution < 1.29 is 14.3 Å². The summed E-state index contributed by atoms with van der Waals surface area (Å²) in [4.78, 5) is 26.4. The normalized spacial score (nSPS) is 22.8. The Morgan fingerprint density at radius 3 is 2.52 bits per heavy atom. The number of ether oxygens (including phenoxy) is 1. The molecule has 1 heterocycles. The van der Waals surface area contributed by atoms with Crippen LogP contribution >= 0.6 is 0 Å². The van der Waals surface area contributed by atoms with Gasteiger partial charge in [-0.3, -0.25) is 9.59 Å². The van der Waals surface area contributed by atoms with Crippen LogP contribution in [0.5, 0.6) is 0 Å². The van der Waals surface area contributed by atoms with Gasteiger partial charge in [0.15, 0.2) is 0 Å². The van der Waals surface area contributed by atoms with Gasteiger partial charge in [0.05, 0.1) is 6.10 Å². The van der Waals surface area contributed by atoms with Crippen molar-refractivity contribution in [2.75, 3.05) is 13.2 Å². The molecule has 0 saturated carbocycles. The van der Waals surface area contributed by atoms with Crippen LogP contribution < -0.4 is 5.32 Å². The molecule has 5 nitrogen and oxygen atoms in total. The van der Waals surface area contributed by atoms with E-state index < -0.39 is 0 Å². The number of rotatable bonds is 9. The first-order chi connectivity index (χ1) is 10.0. The van der Waals surface area contributed by atoms with Gasteiger partial charge >= 0.3 is 0 Å². The molecule has 0 aromatic rings. The molecule has 5 heteroatoms. The maximum absolute atomic E-state index is 12.5. The summed E-state index contributed by atoms with van der Waals surface area (Å²) in [6.07, 6.45) is 4.31. The highest BCUT2D eigenvalue weighted by molar-refractivity contribution is 5.96. The minimum Gasteiger partial charge on any atom is -0.379 e. The molecule has 1 rings (SSSR count). The van der Waals surface area contributed by atoms with Crippen molar-refractivity contribution in [1.82, 2.24) is 10.2 Å². The molecule has 0 aliphatic carbocycles. The fraction of sp³-hybridized carbons (Fsp3) is 0.875. The van der Waals surface area contributed by atoms with Gasteiger partial charge in [0.25, 0.3) is 0 Å². The molecular weight excluding hydrogens is 268 g/mol. The first kappa shape index (κ1) is 18.0. The molecule has 0 bridgehead atoms. The molecular formula is C16H30N2O3. The van der Waals surface area contributed by atoms with Gasteiger partial charge in [-0.05, 0) is 39.5 Å². The van der Waals surface area contributed by atoms with Crippen LogP contribution in [0.2, 0.25) is 0 Å². The van der Waals surface area contributed by atoms with Gasteiger partial charge in [0.2, 0.25) is 11.8 Å². The van der Waals surface area contributed by atoms with Crippen molar-refractivity contribution in [3.8, 4) is 0 Å². The third kappa shape index (κ3) is 5.30. The minimum absolute atomic E-state index is 0.00557. The largest absolute Gasteiger partial charge is 0.379 e. The first-order valence-corrected chi connectivity index (χ1v) is 8.23. The third-order valence-corrected chi connectivity index (χ3v) is 3.79. The lowest BCUT2D eigenvalue weighted by atomic mass is 10.0. The van der Waals surface area contributed by atoms with E-state index in [4.69, 9.17) is 4.74 Å².